The number of carboxylic acid groups (broad SMARTS) is 1. The number of aliphatic carboxylic acids is 1. The van der Waals surface area contributed by atoms with Crippen LogP contribution in [0.4, 0.5) is 13.2 Å². The van der Waals surface area contributed by atoms with Gasteiger partial charge in [-0.15, -0.1) is 6.42 Å². The van der Waals surface area contributed by atoms with Crippen molar-refractivity contribution in [3.05, 3.63) is 28.2 Å². The molecule has 0 aliphatic carbocycles. The Hall–Kier alpha value is -1.62. The predicted octanol–water partition coefficient (Wildman–Crippen LogP) is 3.62. The average Bonchev–Trinajstić information content (AvgIpc) is 2.44. The number of halogens is 5. The van der Waals surface area contributed by atoms with Crippen molar-refractivity contribution < 1.29 is 27.8 Å². The minimum atomic E-state index is -5.08. The minimum absolute atomic E-state index is 0.532. The topological polar surface area (TPSA) is 58.6 Å². The third-order valence-electron chi connectivity index (χ3n) is 2.12. The van der Waals surface area contributed by atoms with Crippen molar-refractivity contribution in [1.29, 1.82) is 0 Å². The van der Waals surface area contributed by atoms with Gasteiger partial charge >= 0.3 is 12.1 Å². The summed E-state index contributed by atoms with van der Waals surface area (Å²) in [7, 11) is 0. The van der Waals surface area contributed by atoms with Gasteiger partial charge in [0.05, 0.1) is 18.2 Å². The number of hydrogen-bond acceptors (Lipinski definition) is 3. The van der Waals surface area contributed by atoms with E-state index in [9.17, 15) is 13.2 Å². The van der Waals surface area contributed by atoms with Crippen molar-refractivity contribution in [3.8, 4) is 18.1 Å². The Morgan fingerprint density at radius 2 is 2.00 bits per heavy atom. The van der Waals surface area contributed by atoms with Gasteiger partial charge in [-0.1, -0.05) is 29.1 Å². The highest BCUT2D eigenvalue weighted by atomic mass is 35.5. The Bertz CT molecular complexity index is 545. The van der Waals surface area contributed by atoms with E-state index < -0.39 is 12.1 Å². The Kier molecular flexibility index (Phi) is 10.2. The smallest absolute Gasteiger partial charge is 0.490 e. The maximum atomic E-state index is 10.6. The van der Waals surface area contributed by atoms with E-state index in [4.69, 9.17) is 44.3 Å². The van der Waals surface area contributed by atoms with Gasteiger partial charge in [-0.2, -0.15) is 13.2 Å². The first kappa shape index (κ1) is 21.4. The van der Waals surface area contributed by atoms with Gasteiger partial charge in [0.2, 0.25) is 0 Å². The maximum Gasteiger partial charge on any atom is 0.490 e. The Morgan fingerprint density at radius 3 is 2.48 bits per heavy atom. The summed E-state index contributed by atoms with van der Waals surface area (Å²) in [6.45, 7) is 2.01. The lowest BCUT2D eigenvalue weighted by Crippen LogP contribution is -2.21. The van der Waals surface area contributed by atoms with Crippen LogP contribution in [0.5, 0.6) is 5.75 Å². The number of benzene rings is 1. The number of nitrogens with one attached hydrogen (secondary N) is 1. The summed E-state index contributed by atoms with van der Waals surface area (Å²) in [6.07, 6.45) is 0.887. The summed E-state index contributed by atoms with van der Waals surface area (Å²) in [6, 6.07) is 5.17. The molecule has 0 unspecified atom stereocenters. The molecule has 0 aliphatic rings. The van der Waals surface area contributed by atoms with Crippen LogP contribution in [-0.2, 0) is 4.79 Å². The minimum Gasteiger partial charge on any atom is -0.492 e. The number of terminal acetylenes is 1. The van der Waals surface area contributed by atoms with E-state index in [1.54, 1.807) is 18.2 Å². The molecular formula is C14H14Cl2F3NO3. The summed E-state index contributed by atoms with van der Waals surface area (Å²) in [5, 5.41) is 11.3. The average molecular weight is 372 g/mol. The van der Waals surface area contributed by atoms with Gasteiger partial charge in [-0.05, 0) is 31.2 Å². The van der Waals surface area contributed by atoms with Gasteiger partial charge in [0.1, 0.15) is 5.75 Å². The van der Waals surface area contributed by atoms with Crippen molar-refractivity contribution in [2.45, 2.75) is 12.6 Å². The molecule has 0 spiro atoms. The molecule has 23 heavy (non-hydrogen) atoms. The molecule has 2 N–H and O–H groups in total. The van der Waals surface area contributed by atoms with Gasteiger partial charge in [0.15, 0.2) is 0 Å². The fourth-order valence-electron chi connectivity index (χ4n) is 1.13. The van der Waals surface area contributed by atoms with Gasteiger partial charge in [-0.3, -0.25) is 0 Å². The van der Waals surface area contributed by atoms with Crippen molar-refractivity contribution in [1.82, 2.24) is 5.32 Å². The molecule has 0 heterocycles. The van der Waals surface area contributed by atoms with E-state index in [0.717, 1.165) is 13.0 Å². The summed E-state index contributed by atoms with van der Waals surface area (Å²) < 4.78 is 37.2. The van der Waals surface area contributed by atoms with Crippen LogP contribution in [0.2, 0.25) is 10.0 Å². The lowest BCUT2D eigenvalue weighted by Gasteiger charge is -2.08. The zero-order chi connectivity index (χ0) is 17.9. The predicted molar refractivity (Wildman–Crippen MR) is 82.0 cm³/mol. The fourth-order valence-corrected chi connectivity index (χ4v) is 1.60. The molecule has 0 saturated carbocycles. The molecule has 0 fully saturated rings. The van der Waals surface area contributed by atoms with Crippen LogP contribution in [0.25, 0.3) is 0 Å². The van der Waals surface area contributed by atoms with Crippen LogP contribution < -0.4 is 10.1 Å². The van der Waals surface area contributed by atoms with Crippen molar-refractivity contribution >= 4 is 29.2 Å². The SMILES string of the molecule is C#CCNCCCOc1ccc(Cl)cc1Cl.O=C(O)C(F)(F)F. The molecule has 1 aromatic carbocycles. The molecule has 0 bridgehead atoms. The van der Waals surface area contributed by atoms with E-state index in [1.165, 1.54) is 0 Å². The van der Waals surface area contributed by atoms with Gasteiger partial charge in [0, 0.05) is 5.02 Å². The number of alkyl halides is 3. The number of ether oxygens (including phenoxy) is 1. The summed E-state index contributed by atoms with van der Waals surface area (Å²) >= 11 is 11.7. The molecule has 9 heteroatoms. The van der Waals surface area contributed by atoms with Crippen molar-refractivity contribution in [3.63, 3.8) is 0 Å². The van der Waals surface area contributed by atoms with E-state index in [-0.39, 0.29) is 0 Å². The molecule has 4 nitrogen and oxygen atoms in total. The van der Waals surface area contributed by atoms with Crippen molar-refractivity contribution in [2.75, 3.05) is 19.7 Å². The quantitative estimate of drug-likeness (QED) is 0.592. The molecule has 0 amide bonds. The second kappa shape index (κ2) is 11.0. The first-order chi connectivity index (χ1) is 10.7. The summed E-state index contributed by atoms with van der Waals surface area (Å²) in [5.74, 6) is 0.403. The monoisotopic (exact) mass is 371 g/mol. The van der Waals surface area contributed by atoms with Crippen molar-refractivity contribution in [2.24, 2.45) is 0 Å². The van der Waals surface area contributed by atoms with Crippen LogP contribution in [0, 0.1) is 12.3 Å². The first-order valence-corrected chi connectivity index (χ1v) is 6.96. The number of carboxylic acids is 1. The molecule has 0 radical (unpaired) electrons. The van der Waals surface area contributed by atoms with E-state index in [0.29, 0.717) is 28.9 Å². The zero-order valence-electron chi connectivity index (χ0n) is 11.8. The van der Waals surface area contributed by atoms with E-state index in [1.807, 2.05) is 0 Å². The second-order valence-electron chi connectivity index (χ2n) is 3.96. The van der Waals surface area contributed by atoms with Crippen LogP contribution in [0.1, 0.15) is 6.42 Å². The van der Waals surface area contributed by atoms with Gasteiger partial charge in [-0.25, -0.2) is 4.79 Å². The lowest BCUT2D eigenvalue weighted by molar-refractivity contribution is -0.192. The Balaban J connectivity index is 0.000000585. The number of carbonyl (C=O) groups is 1. The summed E-state index contributed by atoms with van der Waals surface area (Å²) in [5.41, 5.74) is 0. The third kappa shape index (κ3) is 10.7. The molecule has 0 saturated heterocycles. The van der Waals surface area contributed by atoms with Gasteiger partial charge in [0.25, 0.3) is 0 Å². The first-order valence-electron chi connectivity index (χ1n) is 6.20. The van der Waals surface area contributed by atoms with Crippen LogP contribution in [0.3, 0.4) is 0 Å². The fraction of sp³-hybridized carbons (Fsp3) is 0.357. The zero-order valence-corrected chi connectivity index (χ0v) is 13.3. The number of rotatable bonds is 6. The largest absolute Gasteiger partial charge is 0.492 e. The van der Waals surface area contributed by atoms with E-state index in [2.05, 4.69) is 11.2 Å². The standard InChI is InChI=1S/C12H13Cl2NO.C2HF3O2/c1-2-6-15-7-3-8-16-12-5-4-10(13)9-11(12)14;3-2(4,5)1(6)7/h1,4-5,9,15H,3,6-8H2;(H,6,7). The summed E-state index contributed by atoms with van der Waals surface area (Å²) in [4.78, 5) is 8.90. The van der Waals surface area contributed by atoms with E-state index >= 15 is 0 Å². The molecule has 0 atom stereocenters. The third-order valence-corrected chi connectivity index (χ3v) is 2.65. The number of hydrogen-bond donors (Lipinski definition) is 2. The molecule has 128 valence electrons. The van der Waals surface area contributed by atoms with Crippen LogP contribution in [-0.4, -0.2) is 36.9 Å². The molecule has 0 aliphatic heterocycles. The maximum absolute atomic E-state index is 10.6. The molecule has 1 rings (SSSR count). The highest BCUT2D eigenvalue weighted by Gasteiger charge is 2.38. The second-order valence-corrected chi connectivity index (χ2v) is 4.80. The highest BCUT2D eigenvalue weighted by Crippen LogP contribution is 2.27. The highest BCUT2D eigenvalue weighted by molar-refractivity contribution is 6.35. The Morgan fingerprint density at radius 1 is 1.39 bits per heavy atom. The molecular weight excluding hydrogens is 358 g/mol. The molecule has 1 aromatic rings. The van der Waals surface area contributed by atoms with Gasteiger partial charge < -0.3 is 15.2 Å². The lowest BCUT2D eigenvalue weighted by atomic mass is 10.3. The molecule has 0 aromatic heterocycles. The normalized spacial score (nSPS) is 10.3. The van der Waals surface area contributed by atoms with Crippen LogP contribution in [0.15, 0.2) is 18.2 Å². The van der Waals surface area contributed by atoms with Crippen LogP contribution >= 0.6 is 23.2 Å². The Labute approximate surface area is 141 Å².